The molecule has 4 aliphatic heterocycles. The number of nitrogens with zero attached hydrogens (tertiary/aromatic N) is 1. The van der Waals surface area contributed by atoms with E-state index in [-0.39, 0.29) is 24.3 Å². The van der Waals surface area contributed by atoms with Crippen molar-refractivity contribution in [3.8, 4) is 0 Å². The Kier molecular flexibility index (Phi) is 9.01. The van der Waals surface area contributed by atoms with E-state index in [1.807, 2.05) is 41.5 Å². The lowest BCUT2D eigenvalue weighted by Gasteiger charge is -2.41. The second-order valence-corrected chi connectivity index (χ2v) is 13.2. The Bertz CT molecular complexity index is 704. The smallest absolute Gasteiger partial charge is 0.407 e. The molecule has 202 valence electrons. The highest BCUT2D eigenvalue weighted by Crippen LogP contribution is 2.37. The molecule has 3 N–H and O–H groups in total. The number of alkyl carbamates (subject to hydrolysis) is 2. The Morgan fingerprint density at radius 1 is 0.743 bits per heavy atom. The van der Waals surface area contributed by atoms with Crippen LogP contribution in [0, 0.1) is 0 Å². The Morgan fingerprint density at radius 3 is 1.51 bits per heavy atom. The molecule has 0 spiro atoms. The second kappa shape index (κ2) is 11.2. The number of fused-ring (bicyclic) bond motifs is 4. The van der Waals surface area contributed by atoms with E-state index in [0.717, 1.165) is 25.7 Å². The fourth-order valence-electron chi connectivity index (χ4n) is 6.30. The lowest BCUT2D eigenvalue weighted by Crippen LogP contribution is -2.53. The van der Waals surface area contributed by atoms with Crippen LogP contribution < -0.4 is 16.0 Å². The maximum Gasteiger partial charge on any atom is 0.407 e. The maximum absolute atomic E-state index is 11.8. The normalized spacial score (nSPS) is 32.5. The van der Waals surface area contributed by atoms with Crippen LogP contribution in [0.4, 0.5) is 9.59 Å². The number of hydrogen-bond acceptors (Lipinski definition) is 6. The van der Waals surface area contributed by atoms with Gasteiger partial charge in [0.1, 0.15) is 11.2 Å². The molecule has 4 atom stereocenters. The number of carbonyl (C=O) groups is 2. The number of carbonyl (C=O) groups excluding carboxylic acids is 2. The molecule has 0 aromatic rings. The molecule has 35 heavy (non-hydrogen) atoms. The van der Waals surface area contributed by atoms with E-state index in [4.69, 9.17) is 9.47 Å². The summed E-state index contributed by atoms with van der Waals surface area (Å²) in [7, 11) is 0. The van der Waals surface area contributed by atoms with Crippen molar-refractivity contribution >= 4 is 12.2 Å². The van der Waals surface area contributed by atoms with E-state index in [1.165, 1.54) is 25.7 Å². The fraction of sp³-hybridized carbons (Fsp3) is 0.926. The molecule has 4 heterocycles. The van der Waals surface area contributed by atoms with Gasteiger partial charge in [-0.1, -0.05) is 0 Å². The standard InChI is InChI=1S/C15H28N2O2.C12H22N2O2/c1-10(2)17-12-6-7-13(17)9-11(8-12)16-14(18)19-15(3,4)5;1-12(2,3)16-11(15)14-10-6-8-4-5-9(7-10)13-8/h10-13H,6-9H2,1-5H3,(H,16,18);8-10,13H,4-7H2,1-3H3,(H,14,15). The zero-order valence-electron chi connectivity index (χ0n) is 23.3. The van der Waals surface area contributed by atoms with Gasteiger partial charge in [0.2, 0.25) is 0 Å². The predicted molar refractivity (Wildman–Crippen MR) is 139 cm³/mol. The van der Waals surface area contributed by atoms with Gasteiger partial charge in [0, 0.05) is 42.3 Å². The largest absolute Gasteiger partial charge is 0.444 e. The molecule has 0 saturated carbocycles. The molecule has 4 rings (SSSR count). The third kappa shape index (κ3) is 8.81. The third-order valence-corrected chi connectivity index (χ3v) is 7.30. The molecule has 0 radical (unpaired) electrons. The lowest BCUT2D eigenvalue weighted by atomic mass is 9.96. The Labute approximate surface area is 212 Å². The zero-order chi connectivity index (χ0) is 26.0. The molecule has 4 unspecified atom stereocenters. The average molecular weight is 495 g/mol. The van der Waals surface area contributed by atoms with E-state index in [0.29, 0.717) is 30.2 Å². The van der Waals surface area contributed by atoms with Crippen LogP contribution >= 0.6 is 0 Å². The average Bonchev–Trinajstić information content (AvgIpc) is 3.15. The van der Waals surface area contributed by atoms with Crippen molar-refractivity contribution in [1.29, 1.82) is 0 Å². The molecule has 8 nitrogen and oxygen atoms in total. The quantitative estimate of drug-likeness (QED) is 0.526. The fourth-order valence-corrected chi connectivity index (χ4v) is 6.30. The highest BCUT2D eigenvalue weighted by Gasteiger charge is 2.42. The van der Waals surface area contributed by atoms with E-state index < -0.39 is 11.2 Å². The second-order valence-electron chi connectivity index (χ2n) is 13.2. The molecule has 4 saturated heterocycles. The van der Waals surface area contributed by atoms with Crippen LogP contribution in [0.1, 0.15) is 107 Å². The minimum absolute atomic E-state index is 0.269. The number of ether oxygens (including phenoxy) is 2. The molecule has 0 aromatic heterocycles. The first-order valence-electron chi connectivity index (χ1n) is 13.7. The van der Waals surface area contributed by atoms with E-state index in [2.05, 4.69) is 34.7 Å². The molecular formula is C27H50N4O4. The topological polar surface area (TPSA) is 91.9 Å². The molecule has 4 aliphatic rings. The summed E-state index contributed by atoms with van der Waals surface area (Å²) in [6, 6.07) is 3.64. The van der Waals surface area contributed by atoms with E-state index >= 15 is 0 Å². The van der Waals surface area contributed by atoms with Crippen LogP contribution in [0.3, 0.4) is 0 Å². The van der Waals surface area contributed by atoms with Gasteiger partial charge in [-0.2, -0.15) is 0 Å². The Morgan fingerprint density at radius 2 is 1.14 bits per heavy atom. The zero-order valence-corrected chi connectivity index (χ0v) is 23.3. The minimum Gasteiger partial charge on any atom is -0.444 e. The van der Waals surface area contributed by atoms with Crippen LogP contribution in [-0.4, -0.2) is 70.6 Å². The van der Waals surface area contributed by atoms with Crippen molar-refractivity contribution in [2.45, 2.75) is 160 Å². The number of piperidine rings is 2. The lowest BCUT2D eigenvalue weighted by molar-refractivity contribution is 0.0410. The molecular weight excluding hydrogens is 444 g/mol. The highest BCUT2D eigenvalue weighted by atomic mass is 16.6. The van der Waals surface area contributed by atoms with Gasteiger partial charge in [0.15, 0.2) is 0 Å². The van der Waals surface area contributed by atoms with Gasteiger partial charge in [0.25, 0.3) is 0 Å². The highest BCUT2D eigenvalue weighted by molar-refractivity contribution is 5.68. The van der Waals surface area contributed by atoms with E-state index in [9.17, 15) is 9.59 Å². The number of amides is 2. The third-order valence-electron chi connectivity index (χ3n) is 7.30. The van der Waals surface area contributed by atoms with Crippen LogP contribution in [0.5, 0.6) is 0 Å². The molecule has 4 fully saturated rings. The first kappa shape index (κ1) is 28.0. The minimum atomic E-state index is -0.415. The Hall–Kier alpha value is -1.54. The summed E-state index contributed by atoms with van der Waals surface area (Å²) in [5.41, 5.74) is -0.822. The summed E-state index contributed by atoms with van der Waals surface area (Å²) in [5, 5.41) is 9.57. The summed E-state index contributed by atoms with van der Waals surface area (Å²) in [4.78, 5) is 26.1. The summed E-state index contributed by atoms with van der Waals surface area (Å²) >= 11 is 0. The van der Waals surface area contributed by atoms with Crippen molar-refractivity contribution in [1.82, 2.24) is 20.9 Å². The van der Waals surface area contributed by atoms with Gasteiger partial charge in [-0.15, -0.1) is 0 Å². The van der Waals surface area contributed by atoms with Gasteiger partial charge >= 0.3 is 12.2 Å². The van der Waals surface area contributed by atoms with Gasteiger partial charge in [0.05, 0.1) is 0 Å². The monoisotopic (exact) mass is 494 g/mol. The summed E-state index contributed by atoms with van der Waals surface area (Å²) in [6.45, 7) is 15.9. The molecule has 2 amide bonds. The first-order valence-corrected chi connectivity index (χ1v) is 13.7. The Balaban J connectivity index is 0.000000198. The van der Waals surface area contributed by atoms with Gasteiger partial charge in [-0.25, -0.2) is 9.59 Å². The van der Waals surface area contributed by atoms with Gasteiger partial charge in [-0.05, 0) is 107 Å². The maximum atomic E-state index is 11.8. The van der Waals surface area contributed by atoms with Crippen molar-refractivity contribution in [2.75, 3.05) is 0 Å². The van der Waals surface area contributed by atoms with Crippen LogP contribution in [-0.2, 0) is 9.47 Å². The summed E-state index contributed by atoms with van der Waals surface area (Å²) < 4.78 is 10.6. The molecule has 0 aromatic carbocycles. The number of hydrogen-bond donors (Lipinski definition) is 3. The van der Waals surface area contributed by atoms with Crippen LogP contribution in [0.25, 0.3) is 0 Å². The predicted octanol–water partition coefficient (Wildman–Crippen LogP) is 4.71. The van der Waals surface area contributed by atoms with Crippen molar-refractivity contribution in [3.05, 3.63) is 0 Å². The van der Waals surface area contributed by atoms with Crippen molar-refractivity contribution in [2.24, 2.45) is 0 Å². The summed E-state index contributed by atoms with van der Waals surface area (Å²) in [5.74, 6) is 0. The van der Waals surface area contributed by atoms with E-state index in [1.54, 1.807) is 0 Å². The van der Waals surface area contributed by atoms with Crippen molar-refractivity contribution in [3.63, 3.8) is 0 Å². The molecule has 0 aliphatic carbocycles. The molecule has 8 heteroatoms. The molecule has 4 bridgehead atoms. The first-order chi connectivity index (χ1) is 16.2. The van der Waals surface area contributed by atoms with Crippen LogP contribution in [0.2, 0.25) is 0 Å². The number of rotatable bonds is 3. The van der Waals surface area contributed by atoms with Crippen molar-refractivity contribution < 1.29 is 19.1 Å². The number of nitrogens with one attached hydrogen (secondary N) is 3. The van der Waals surface area contributed by atoms with Gasteiger partial charge < -0.3 is 25.4 Å². The van der Waals surface area contributed by atoms with Crippen LogP contribution in [0.15, 0.2) is 0 Å². The SMILES string of the molecule is CC(C)(C)OC(=O)NC1CC2CCC(C1)N2.CC(C)N1C2CCC1CC(NC(=O)OC(C)(C)C)C2. The summed E-state index contributed by atoms with van der Waals surface area (Å²) in [6.07, 6.45) is 8.69. The van der Waals surface area contributed by atoms with Gasteiger partial charge in [-0.3, -0.25) is 4.90 Å².